The van der Waals surface area contributed by atoms with Gasteiger partial charge < -0.3 is 37.0 Å². The molecule has 8 nitrogen and oxygen atoms in total. The average Bonchev–Trinajstić information content (AvgIpc) is 1.57. The fraction of sp³-hybridized carbons (Fsp3) is 0.603. The van der Waals surface area contributed by atoms with Gasteiger partial charge in [0.1, 0.15) is 0 Å². The second-order valence-corrected chi connectivity index (χ2v) is 53.3. The van der Waals surface area contributed by atoms with Crippen molar-refractivity contribution in [3.63, 3.8) is 0 Å². The Morgan fingerprint density at radius 1 is 0.313 bits per heavy atom. The van der Waals surface area contributed by atoms with Crippen molar-refractivity contribution in [3.8, 4) is 0 Å². The highest BCUT2D eigenvalue weighted by molar-refractivity contribution is 5.88. The molecule has 6 aromatic carbocycles. The Morgan fingerprint density at radius 2 is 0.580 bits per heavy atom. The zero-order valence-electron chi connectivity index (χ0n) is 89.9. The maximum Gasteiger partial charge on any atom is 0.252 e. The number of likely N-dealkylation sites (N-methyl/N-ethyl adjacent to an activating group) is 1. The number of nitrogens with zero attached hydrogens (tertiary/aromatic N) is 7. The van der Waals surface area contributed by atoms with Crippen molar-refractivity contribution in [2.75, 3.05) is 27.2 Å². The average molecular weight is 1780 g/mol. The third-order valence-corrected chi connectivity index (χ3v) is 29.0. The molecular formula is C121H177F2N7O. The molecule has 5 aliphatic rings. The van der Waals surface area contributed by atoms with Gasteiger partial charge in [-0.05, 0) is 242 Å². The van der Waals surface area contributed by atoms with Crippen LogP contribution in [0.4, 0.5) is 8.78 Å². The molecule has 17 rings (SSSR count). The van der Waals surface area contributed by atoms with Crippen LogP contribution in [0, 0.1) is 5.92 Å². The number of ether oxygens (including phenoxy) is 1. The first kappa shape index (κ1) is 102. The van der Waals surface area contributed by atoms with Gasteiger partial charge in [0.25, 0.3) is 5.92 Å². The van der Waals surface area contributed by atoms with Crippen LogP contribution in [0.1, 0.15) is 425 Å². The Kier molecular flexibility index (Phi) is 28.5. The zero-order chi connectivity index (χ0) is 97.3. The van der Waals surface area contributed by atoms with Gasteiger partial charge in [-0.1, -0.05) is 336 Å². The third kappa shape index (κ3) is 22.9. The minimum Gasteiger partial charge on any atom is -0.379 e. The Bertz CT molecular complexity index is 5890. The van der Waals surface area contributed by atoms with Gasteiger partial charge in [-0.2, -0.15) is 0 Å². The summed E-state index contributed by atoms with van der Waals surface area (Å²) in [6, 6.07) is 58.2. The van der Waals surface area contributed by atoms with Gasteiger partial charge in [-0.25, -0.2) is 8.78 Å². The number of rotatable bonds is 8. The number of hydrogen-bond acceptors (Lipinski definition) is 2. The van der Waals surface area contributed by atoms with E-state index >= 15 is 0 Å². The van der Waals surface area contributed by atoms with Gasteiger partial charge in [0, 0.05) is 157 Å². The van der Waals surface area contributed by atoms with Crippen molar-refractivity contribution in [1.29, 1.82) is 0 Å². The van der Waals surface area contributed by atoms with E-state index in [0.717, 1.165) is 42.0 Å². The number of alkyl halides is 2. The summed E-state index contributed by atoms with van der Waals surface area (Å²) in [6.45, 7) is 90.3. The van der Waals surface area contributed by atoms with E-state index in [0.29, 0.717) is 30.3 Å². The van der Waals surface area contributed by atoms with E-state index in [9.17, 15) is 8.78 Å². The molecule has 7 heterocycles. The van der Waals surface area contributed by atoms with Crippen LogP contribution < -0.4 is 0 Å². The molecule has 1 saturated heterocycles. The second-order valence-electron chi connectivity index (χ2n) is 53.3. The third-order valence-electron chi connectivity index (χ3n) is 29.0. The molecule has 0 spiro atoms. The van der Waals surface area contributed by atoms with E-state index in [4.69, 9.17) is 4.74 Å². The molecule has 0 N–H and O–H groups in total. The Morgan fingerprint density at radius 3 is 0.824 bits per heavy atom. The summed E-state index contributed by atoms with van der Waals surface area (Å²) in [5.41, 5.74) is 26.9. The van der Waals surface area contributed by atoms with Gasteiger partial charge in [-0.3, -0.25) is 0 Å². The highest BCUT2D eigenvalue weighted by atomic mass is 19.3. The molecule has 3 atom stereocenters. The molecule has 4 saturated carbocycles. The largest absolute Gasteiger partial charge is 0.379 e. The first-order valence-corrected chi connectivity index (χ1v) is 50.5. The van der Waals surface area contributed by atoms with E-state index in [1.165, 1.54) is 168 Å². The van der Waals surface area contributed by atoms with Crippen LogP contribution in [-0.4, -0.2) is 71.6 Å². The lowest BCUT2D eigenvalue weighted by Crippen LogP contribution is -2.38. The number of benzene rings is 6. The number of fused-ring (bicyclic) bond motifs is 6. The highest BCUT2D eigenvalue weighted by Gasteiger charge is 2.48. The first-order valence-electron chi connectivity index (χ1n) is 50.5. The van der Waals surface area contributed by atoms with Crippen molar-refractivity contribution < 1.29 is 13.5 Å². The normalized spacial score (nSPS) is 19.3. The monoisotopic (exact) mass is 1780 g/mol. The SMILES string of the molecule is CC(C)(C)c1ccc2cc(C(C)(C)C)n(C3CC(F)(F)C3)c2c1.CC(C)(C)c1ccc2cc(C(C)(C)C)n(C3CCC3)c2c1.CC1CC(n2c(C(C)(C)C)cc3ccc(C(C)(C)C)cc32)C1.CCCn1c(C(C)(C)C)cc2ccc(C(C)(C)C)cc21.CN1CCC(n2c(C(C)(C)C)cc3ccc(C(C)(C)C)cc32)C1.COC1CC1n1c(C(C)(C)C)cc2ccc(C(C)(C)C)cc21. The fourth-order valence-corrected chi connectivity index (χ4v) is 20.4. The van der Waals surface area contributed by atoms with Crippen LogP contribution in [0.15, 0.2) is 146 Å². The number of hydrogen-bond donors (Lipinski definition) is 0. The summed E-state index contributed by atoms with van der Waals surface area (Å²) in [5, 5.41) is 8.06. The minimum atomic E-state index is -2.50. The summed E-state index contributed by atoms with van der Waals surface area (Å²) in [6.07, 6.45) is 10.6. The van der Waals surface area contributed by atoms with E-state index in [1.807, 2.05) is 7.11 Å². The molecule has 716 valence electrons. The van der Waals surface area contributed by atoms with Crippen LogP contribution in [-0.2, 0) is 76.3 Å². The summed E-state index contributed by atoms with van der Waals surface area (Å²) in [5.74, 6) is -1.63. The van der Waals surface area contributed by atoms with Crippen molar-refractivity contribution >= 4 is 65.4 Å². The second kappa shape index (κ2) is 36.4. The summed E-state index contributed by atoms with van der Waals surface area (Å²) in [7, 11) is 4.07. The molecular weight excluding hydrogens is 1610 g/mol. The van der Waals surface area contributed by atoms with Gasteiger partial charge in [0.15, 0.2) is 0 Å². The van der Waals surface area contributed by atoms with Crippen LogP contribution in [0.5, 0.6) is 0 Å². The summed E-state index contributed by atoms with van der Waals surface area (Å²) >= 11 is 0. The maximum absolute atomic E-state index is 13.5. The van der Waals surface area contributed by atoms with E-state index in [2.05, 4.69) is 448 Å². The quantitative estimate of drug-likeness (QED) is 0.152. The van der Waals surface area contributed by atoms with Crippen LogP contribution in [0.25, 0.3) is 65.4 Å². The molecule has 10 heteroatoms. The lowest BCUT2D eigenvalue weighted by Gasteiger charge is -2.39. The number of aromatic nitrogens is 6. The van der Waals surface area contributed by atoms with Gasteiger partial charge in [0.2, 0.25) is 0 Å². The molecule has 6 aromatic heterocycles. The maximum atomic E-state index is 13.5. The fourth-order valence-electron chi connectivity index (χ4n) is 20.4. The van der Waals surface area contributed by atoms with Crippen LogP contribution in [0.2, 0.25) is 0 Å². The topological polar surface area (TPSA) is 42.1 Å². The Hall–Kier alpha value is -7.66. The molecule has 0 radical (unpaired) electrons. The smallest absolute Gasteiger partial charge is 0.252 e. The van der Waals surface area contributed by atoms with E-state index in [1.54, 1.807) is 0 Å². The molecule has 0 bridgehead atoms. The van der Waals surface area contributed by atoms with Crippen molar-refractivity contribution in [3.05, 3.63) is 213 Å². The lowest BCUT2D eigenvalue weighted by atomic mass is 9.80. The molecule has 5 fully saturated rings. The zero-order valence-corrected chi connectivity index (χ0v) is 89.9. The lowest BCUT2D eigenvalue weighted by molar-refractivity contribution is -0.104. The Balaban J connectivity index is 0.000000142. The molecule has 3 unspecified atom stereocenters. The standard InChI is InChI=1S/C21H32N2.C21H31N.C20H27F2N.C20H29NO.C20H29N.C19H29N/c1-20(2,3)16-9-8-15-12-19(21(4,5)6)23(18(15)13-16)17-10-11-22(7)14-17;1-14-10-17(11-14)22-18-13-16(20(2,3)4)9-8-15(18)12-19(22)21(5,6)7;1-18(2,3)14-8-7-13-9-17(19(4,5)6)23(16(13)10-14)15-11-20(21,22)12-15;1-19(2,3)14-9-8-13-10-18(20(4,5)6)21(15(13)11-14)16-12-17(16)22-7;1-19(2,3)15-11-10-14-12-18(20(4,5)6)21(17(14)13-15)16-8-7-9-16;1-8-11-20-16-13-15(18(2,3)4)10-9-14(16)12-17(20)19(5,6)7/h8-9,12-13,17H,10-11,14H2,1-7H3;8-9,12-14,17H,10-11H2,1-7H3;7-10,15H,11-12H2,1-6H3;8-11,16-17H,12H2,1-7H3;10-13,16H,7-9H2,1-6H3;9-10,12-13H,8,11H2,1-7H3. The number of methoxy groups -OCH3 is 1. The number of aryl methyl sites for hydroxylation is 1. The van der Waals surface area contributed by atoms with Gasteiger partial charge in [0.05, 0.1) is 12.1 Å². The Labute approximate surface area is 793 Å². The molecule has 1 aliphatic heterocycles. The number of likely N-dealkylation sites (tertiary alicyclic amines) is 1. The molecule has 4 aliphatic carbocycles. The van der Waals surface area contributed by atoms with E-state index in [-0.39, 0.29) is 83.9 Å². The molecule has 131 heavy (non-hydrogen) atoms. The van der Waals surface area contributed by atoms with Crippen molar-refractivity contribution in [1.82, 2.24) is 32.3 Å². The molecule has 0 amide bonds. The predicted octanol–water partition coefficient (Wildman–Crippen LogP) is 34.3. The van der Waals surface area contributed by atoms with Crippen LogP contribution in [0.3, 0.4) is 0 Å². The first-order chi connectivity index (χ1) is 60.0. The summed E-state index contributed by atoms with van der Waals surface area (Å²) in [4.78, 5) is 2.45. The number of halogens is 2. The van der Waals surface area contributed by atoms with E-state index < -0.39 is 5.92 Å². The predicted molar refractivity (Wildman–Crippen MR) is 565 cm³/mol. The highest BCUT2D eigenvalue weighted by Crippen LogP contribution is 2.52. The van der Waals surface area contributed by atoms with Gasteiger partial charge >= 0.3 is 0 Å². The minimum absolute atomic E-state index is 0.0421. The van der Waals surface area contributed by atoms with Gasteiger partial charge in [-0.15, -0.1) is 0 Å². The van der Waals surface area contributed by atoms with Crippen LogP contribution >= 0.6 is 0 Å². The summed E-state index contributed by atoms with van der Waals surface area (Å²) < 4.78 is 47.7. The molecule has 12 aromatic rings. The van der Waals surface area contributed by atoms with Crippen molar-refractivity contribution in [2.45, 2.75) is 441 Å². The van der Waals surface area contributed by atoms with Crippen molar-refractivity contribution in [2.24, 2.45) is 5.92 Å².